The molecule has 7 nitrogen and oxygen atoms in total. The molecule has 1 aliphatic rings. The maximum atomic E-state index is 12.9. The van der Waals surface area contributed by atoms with Crippen molar-refractivity contribution < 1.29 is 29.0 Å². The quantitative estimate of drug-likeness (QED) is 0.370. The van der Waals surface area contributed by atoms with Crippen LogP contribution in [0.3, 0.4) is 0 Å². The zero-order valence-corrected chi connectivity index (χ0v) is 16.6. The summed E-state index contributed by atoms with van der Waals surface area (Å²) in [6, 6.07) is 15.4. The molecular formula is C24H19NO6. The summed E-state index contributed by atoms with van der Waals surface area (Å²) >= 11 is 0. The monoisotopic (exact) mass is 417 g/mol. The third-order valence-electron chi connectivity index (χ3n) is 5.23. The highest BCUT2D eigenvalue weighted by molar-refractivity contribution is 6.46. The molecule has 3 aromatic rings. The van der Waals surface area contributed by atoms with E-state index in [4.69, 9.17) is 9.52 Å². The van der Waals surface area contributed by atoms with Gasteiger partial charge in [0.05, 0.1) is 17.4 Å². The molecule has 31 heavy (non-hydrogen) atoms. The molecule has 1 saturated heterocycles. The summed E-state index contributed by atoms with van der Waals surface area (Å²) in [6.07, 6.45) is 1.43. The zero-order valence-electron chi connectivity index (χ0n) is 16.6. The van der Waals surface area contributed by atoms with Crippen molar-refractivity contribution in [3.8, 4) is 0 Å². The van der Waals surface area contributed by atoms with Gasteiger partial charge in [-0.25, -0.2) is 4.79 Å². The molecule has 1 amide bonds. The highest BCUT2D eigenvalue weighted by Crippen LogP contribution is 2.40. The molecule has 1 aliphatic heterocycles. The molecule has 2 heterocycles. The zero-order chi connectivity index (χ0) is 22.1. The minimum Gasteiger partial charge on any atom is -0.507 e. The van der Waals surface area contributed by atoms with E-state index in [-0.39, 0.29) is 23.4 Å². The molecule has 1 atom stereocenters. The third-order valence-corrected chi connectivity index (χ3v) is 5.23. The first-order valence-electron chi connectivity index (χ1n) is 9.58. The minimum atomic E-state index is -1.05. The lowest BCUT2D eigenvalue weighted by Gasteiger charge is -2.23. The Morgan fingerprint density at radius 2 is 1.61 bits per heavy atom. The lowest BCUT2D eigenvalue weighted by Crippen LogP contribution is -2.29. The van der Waals surface area contributed by atoms with E-state index in [1.54, 1.807) is 48.5 Å². The number of aryl methyl sites for hydroxylation is 1. The summed E-state index contributed by atoms with van der Waals surface area (Å²) < 4.78 is 5.50. The maximum Gasteiger partial charge on any atom is 0.335 e. The highest BCUT2D eigenvalue weighted by Gasteiger charge is 2.47. The molecule has 2 N–H and O–H groups in total. The fraction of sp³-hybridized carbons (Fsp3) is 0.125. The van der Waals surface area contributed by atoms with Gasteiger partial charge in [-0.15, -0.1) is 0 Å². The Morgan fingerprint density at radius 3 is 2.19 bits per heavy atom. The van der Waals surface area contributed by atoms with Crippen LogP contribution in [0.2, 0.25) is 0 Å². The van der Waals surface area contributed by atoms with Gasteiger partial charge in [-0.1, -0.05) is 42.0 Å². The van der Waals surface area contributed by atoms with Gasteiger partial charge in [0.1, 0.15) is 17.6 Å². The molecule has 1 aromatic heterocycles. The second kappa shape index (κ2) is 7.95. The molecule has 0 saturated carbocycles. The van der Waals surface area contributed by atoms with Gasteiger partial charge in [-0.05, 0) is 36.8 Å². The van der Waals surface area contributed by atoms with E-state index in [0.29, 0.717) is 16.9 Å². The number of amides is 1. The van der Waals surface area contributed by atoms with Gasteiger partial charge >= 0.3 is 5.97 Å². The van der Waals surface area contributed by atoms with Gasteiger partial charge in [0, 0.05) is 12.1 Å². The van der Waals surface area contributed by atoms with Crippen molar-refractivity contribution in [1.82, 2.24) is 4.90 Å². The summed E-state index contributed by atoms with van der Waals surface area (Å²) in [4.78, 5) is 38.2. The molecule has 1 fully saturated rings. The van der Waals surface area contributed by atoms with Gasteiger partial charge in [-0.2, -0.15) is 0 Å². The Bertz CT molecular complexity index is 1170. The van der Waals surface area contributed by atoms with E-state index in [1.165, 1.54) is 23.3 Å². The first-order valence-corrected chi connectivity index (χ1v) is 9.58. The number of ketones is 1. The smallest absolute Gasteiger partial charge is 0.335 e. The molecule has 4 rings (SSSR count). The number of carboxylic acids is 1. The normalized spacial score (nSPS) is 17.8. The maximum absolute atomic E-state index is 12.9. The van der Waals surface area contributed by atoms with E-state index in [2.05, 4.69) is 0 Å². The van der Waals surface area contributed by atoms with Crippen molar-refractivity contribution in [2.75, 3.05) is 0 Å². The van der Waals surface area contributed by atoms with Crippen molar-refractivity contribution in [3.05, 3.63) is 101 Å². The molecule has 7 heteroatoms. The number of nitrogens with zero attached hydrogens (tertiary/aromatic N) is 1. The standard InChI is InChI=1S/C24H19NO6/c1-14-4-8-16(9-5-14)21(26)19-20(18-3-2-12-31-18)25(23(28)22(19)27)13-15-6-10-17(11-7-15)24(29)30/h2-12,20,26H,13H2,1H3,(H,29,30)/b21-19-. The molecule has 0 bridgehead atoms. The van der Waals surface area contributed by atoms with Crippen LogP contribution in [0.4, 0.5) is 0 Å². The predicted octanol–water partition coefficient (Wildman–Crippen LogP) is 3.91. The van der Waals surface area contributed by atoms with Crippen molar-refractivity contribution in [2.45, 2.75) is 19.5 Å². The lowest BCUT2D eigenvalue weighted by atomic mass is 9.98. The largest absolute Gasteiger partial charge is 0.507 e. The summed E-state index contributed by atoms with van der Waals surface area (Å²) in [7, 11) is 0. The summed E-state index contributed by atoms with van der Waals surface area (Å²) in [6.45, 7) is 1.95. The number of furan rings is 1. The molecular weight excluding hydrogens is 398 g/mol. The van der Waals surface area contributed by atoms with E-state index in [9.17, 15) is 19.5 Å². The Balaban J connectivity index is 1.77. The molecule has 0 aliphatic carbocycles. The average Bonchev–Trinajstić information content (AvgIpc) is 3.37. The van der Waals surface area contributed by atoms with Gasteiger partial charge in [-0.3, -0.25) is 9.59 Å². The van der Waals surface area contributed by atoms with Crippen LogP contribution in [0.1, 0.15) is 38.9 Å². The number of hydrogen-bond donors (Lipinski definition) is 2. The fourth-order valence-electron chi connectivity index (χ4n) is 3.60. The van der Waals surface area contributed by atoms with E-state index in [0.717, 1.165) is 5.56 Å². The topological polar surface area (TPSA) is 108 Å². The van der Waals surface area contributed by atoms with Crippen molar-refractivity contribution in [2.24, 2.45) is 0 Å². The van der Waals surface area contributed by atoms with Crippen LogP contribution < -0.4 is 0 Å². The molecule has 1 unspecified atom stereocenters. The molecule has 0 radical (unpaired) electrons. The number of aromatic carboxylic acids is 1. The van der Waals surface area contributed by atoms with E-state index < -0.39 is 23.7 Å². The number of benzene rings is 2. The summed E-state index contributed by atoms with van der Waals surface area (Å²) in [5.41, 5.74) is 2.12. The lowest BCUT2D eigenvalue weighted by molar-refractivity contribution is -0.140. The average molecular weight is 417 g/mol. The number of hydrogen-bond acceptors (Lipinski definition) is 5. The van der Waals surface area contributed by atoms with Crippen LogP contribution in [0, 0.1) is 6.92 Å². The van der Waals surface area contributed by atoms with Crippen LogP contribution >= 0.6 is 0 Å². The van der Waals surface area contributed by atoms with Crippen LogP contribution in [0.25, 0.3) is 5.76 Å². The van der Waals surface area contributed by atoms with Gasteiger partial charge < -0.3 is 19.5 Å². The van der Waals surface area contributed by atoms with E-state index in [1.807, 2.05) is 6.92 Å². The fourth-order valence-corrected chi connectivity index (χ4v) is 3.60. The number of rotatable bonds is 5. The number of aliphatic hydroxyl groups excluding tert-OH is 1. The Morgan fingerprint density at radius 1 is 0.968 bits per heavy atom. The highest BCUT2D eigenvalue weighted by atomic mass is 16.4. The van der Waals surface area contributed by atoms with Crippen LogP contribution in [0.5, 0.6) is 0 Å². The van der Waals surface area contributed by atoms with Crippen molar-refractivity contribution in [1.29, 1.82) is 0 Å². The number of aliphatic hydroxyl groups is 1. The second-order valence-corrected chi connectivity index (χ2v) is 7.31. The minimum absolute atomic E-state index is 0.0422. The van der Waals surface area contributed by atoms with Crippen LogP contribution in [0.15, 0.2) is 76.9 Å². The van der Waals surface area contributed by atoms with Crippen LogP contribution in [-0.2, 0) is 16.1 Å². The first-order chi connectivity index (χ1) is 14.9. The first kappa shape index (κ1) is 20.2. The Hall–Kier alpha value is -4.13. The number of carbonyl (C=O) groups is 3. The number of likely N-dealkylation sites (tertiary alicyclic amines) is 1. The molecule has 0 spiro atoms. The Labute approximate surface area is 177 Å². The molecule has 2 aromatic carbocycles. The summed E-state index contributed by atoms with van der Waals surface area (Å²) in [5.74, 6) is -2.56. The van der Waals surface area contributed by atoms with E-state index >= 15 is 0 Å². The van der Waals surface area contributed by atoms with Gasteiger partial charge in [0.2, 0.25) is 0 Å². The number of carbonyl (C=O) groups excluding carboxylic acids is 2. The Kier molecular flexibility index (Phi) is 5.17. The van der Waals surface area contributed by atoms with Crippen molar-refractivity contribution >= 4 is 23.4 Å². The van der Waals surface area contributed by atoms with Crippen molar-refractivity contribution in [3.63, 3.8) is 0 Å². The van der Waals surface area contributed by atoms with Crippen LogP contribution in [-0.4, -0.2) is 32.8 Å². The predicted molar refractivity (Wildman–Crippen MR) is 111 cm³/mol. The molecule has 156 valence electrons. The summed E-state index contributed by atoms with van der Waals surface area (Å²) in [5, 5.41) is 20.0. The number of Topliss-reactive ketones (excluding diaryl/α,β-unsaturated/α-hetero) is 1. The number of carboxylic acid groups (broad SMARTS) is 1. The third kappa shape index (κ3) is 3.73. The second-order valence-electron chi connectivity index (χ2n) is 7.31. The van der Waals surface area contributed by atoms with Gasteiger partial charge in [0.25, 0.3) is 11.7 Å². The van der Waals surface area contributed by atoms with Gasteiger partial charge in [0.15, 0.2) is 0 Å². The SMILES string of the molecule is Cc1ccc(/C(O)=C2/C(=O)C(=O)N(Cc3ccc(C(=O)O)cc3)C2c2ccco2)cc1.